The highest BCUT2D eigenvalue weighted by Gasteiger charge is 2.23. The first-order valence-electron chi connectivity index (χ1n) is 8.97. The number of ether oxygens (including phenoxy) is 2. The maximum absolute atomic E-state index is 11.6. The van der Waals surface area contributed by atoms with E-state index in [9.17, 15) is 9.90 Å². The largest absolute Gasteiger partial charge is 0.478 e. The van der Waals surface area contributed by atoms with E-state index < -0.39 is 5.97 Å². The molecule has 2 aliphatic rings. The van der Waals surface area contributed by atoms with Crippen LogP contribution in [0.2, 0.25) is 0 Å². The molecule has 1 fully saturated rings. The van der Waals surface area contributed by atoms with Crippen LogP contribution in [0, 0.1) is 12.8 Å². The van der Waals surface area contributed by atoms with Crippen molar-refractivity contribution in [2.45, 2.75) is 45.6 Å². The lowest BCUT2D eigenvalue weighted by molar-refractivity contribution is 0.0696. The van der Waals surface area contributed by atoms with Crippen LogP contribution in [-0.2, 0) is 6.54 Å². The molecular weight excluding hydrogens is 318 g/mol. The summed E-state index contributed by atoms with van der Waals surface area (Å²) in [5.41, 5.74) is 3.11. The van der Waals surface area contributed by atoms with Crippen molar-refractivity contribution < 1.29 is 19.4 Å². The van der Waals surface area contributed by atoms with E-state index in [-0.39, 0.29) is 6.79 Å². The summed E-state index contributed by atoms with van der Waals surface area (Å²) in [7, 11) is 0. The molecule has 1 aliphatic heterocycles. The van der Waals surface area contributed by atoms with Gasteiger partial charge in [0.05, 0.1) is 5.56 Å². The van der Waals surface area contributed by atoms with E-state index in [1.165, 1.54) is 32.1 Å². The molecule has 1 aromatic carbocycles. The summed E-state index contributed by atoms with van der Waals surface area (Å²) in [6.45, 7) is 3.02. The fourth-order valence-electron chi connectivity index (χ4n) is 4.02. The van der Waals surface area contributed by atoms with Crippen LogP contribution in [0.1, 0.15) is 48.2 Å². The first kappa shape index (κ1) is 16.1. The number of hydrogen-bond donors (Lipinski definition) is 1. The molecule has 1 saturated carbocycles. The number of benzene rings is 1. The SMILES string of the molecule is Cc1c(C(=O)O)cc(-c2ccc3c(c2)OCO3)n1CC1CCCCC1. The molecule has 2 aromatic rings. The molecule has 1 aromatic heterocycles. The van der Waals surface area contributed by atoms with Crippen molar-refractivity contribution in [2.24, 2.45) is 5.92 Å². The predicted molar refractivity (Wildman–Crippen MR) is 94.3 cm³/mol. The second kappa shape index (κ2) is 6.47. The Morgan fingerprint density at radius 3 is 2.68 bits per heavy atom. The van der Waals surface area contributed by atoms with Gasteiger partial charge in [-0.05, 0) is 49.9 Å². The molecule has 0 spiro atoms. The molecular formula is C20H23NO4. The van der Waals surface area contributed by atoms with Crippen molar-refractivity contribution in [2.75, 3.05) is 6.79 Å². The quantitative estimate of drug-likeness (QED) is 0.891. The van der Waals surface area contributed by atoms with E-state index in [4.69, 9.17) is 9.47 Å². The monoisotopic (exact) mass is 341 g/mol. The number of aromatic nitrogens is 1. The highest BCUT2D eigenvalue weighted by atomic mass is 16.7. The fraction of sp³-hybridized carbons (Fsp3) is 0.450. The van der Waals surface area contributed by atoms with E-state index in [1.807, 2.05) is 25.1 Å². The van der Waals surface area contributed by atoms with Gasteiger partial charge < -0.3 is 19.1 Å². The van der Waals surface area contributed by atoms with Crippen LogP contribution in [0.25, 0.3) is 11.3 Å². The van der Waals surface area contributed by atoms with Gasteiger partial charge in [-0.25, -0.2) is 4.79 Å². The van der Waals surface area contributed by atoms with Crippen molar-refractivity contribution in [3.63, 3.8) is 0 Å². The van der Waals surface area contributed by atoms with Gasteiger partial charge in [-0.2, -0.15) is 0 Å². The van der Waals surface area contributed by atoms with Crippen LogP contribution in [0.15, 0.2) is 24.3 Å². The maximum Gasteiger partial charge on any atom is 0.337 e. The first-order chi connectivity index (χ1) is 12.1. The predicted octanol–water partition coefficient (Wildman–Crippen LogP) is 4.47. The summed E-state index contributed by atoms with van der Waals surface area (Å²) in [6, 6.07) is 7.61. The molecule has 5 heteroatoms. The molecule has 0 saturated heterocycles. The van der Waals surface area contributed by atoms with E-state index in [1.54, 1.807) is 6.07 Å². The summed E-state index contributed by atoms with van der Waals surface area (Å²) in [6.07, 6.45) is 6.31. The normalized spacial score (nSPS) is 17.0. The maximum atomic E-state index is 11.6. The first-order valence-corrected chi connectivity index (χ1v) is 8.97. The van der Waals surface area contributed by atoms with Gasteiger partial charge >= 0.3 is 5.97 Å². The third kappa shape index (κ3) is 2.99. The van der Waals surface area contributed by atoms with Gasteiger partial charge in [0.2, 0.25) is 6.79 Å². The van der Waals surface area contributed by atoms with Gasteiger partial charge in [0.1, 0.15) is 0 Å². The number of carboxylic acid groups (broad SMARTS) is 1. The van der Waals surface area contributed by atoms with E-state index in [0.29, 0.717) is 11.5 Å². The van der Waals surface area contributed by atoms with Gasteiger partial charge in [-0.15, -0.1) is 0 Å². The highest BCUT2D eigenvalue weighted by Crippen LogP contribution is 2.38. The number of aromatic carboxylic acids is 1. The molecule has 25 heavy (non-hydrogen) atoms. The van der Waals surface area contributed by atoms with Crippen LogP contribution in [0.5, 0.6) is 11.5 Å². The van der Waals surface area contributed by atoms with Gasteiger partial charge in [0.15, 0.2) is 11.5 Å². The summed E-state index contributed by atoms with van der Waals surface area (Å²) in [5, 5.41) is 9.55. The molecule has 4 rings (SSSR count). The molecule has 5 nitrogen and oxygen atoms in total. The molecule has 0 amide bonds. The standard InChI is InChI=1S/C20H23NO4/c1-13-16(20(22)23)10-17(21(13)11-14-5-3-2-4-6-14)15-7-8-18-19(9-15)25-12-24-18/h7-10,14H,2-6,11-12H2,1H3,(H,22,23). The summed E-state index contributed by atoms with van der Waals surface area (Å²) >= 11 is 0. The second-order valence-electron chi connectivity index (χ2n) is 7.02. The van der Waals surface area contributed by atoms with Crippen molar-refractivity contribution in [1.29, 1.82) is 0 Å². The van der Waals surface area contributed by atoms with Crippen LogP contribution in [-0.4, -0.2) is 22.4 Å². The Morgan fingerprint density at radius 2 is 1.92 bits per heavy atom. The number of nitrogens with zero attached hydrogens (tertiary/aromatic N) is 1. The van der Waals surface area contributed by atoms with Crippen molar-refractivity contribution in [3.8, 4) is 22.8 Å². The topological polar surface area (TPSA) is 60.7 Å². The average molecular weight is 341 g/mol. The van der Waals surface area contributed by atoms with E-state index in [2.05, 4.69) is 4.57 Å². The lowest BCUT2D eigenvalue weighted by Gasteiger charge is -2.24. The number of hydrogen-bond acceptors (Lipinski definition) is 3. The number of rotatable bonds is 4. The zero-order valence-electron chi connectivity index (χ0n) is 14.5. The van der Waals surface area contributed by atoms with Crippen molar-refractivity contribution in [3.05, 3.63) is 35.5 Å². The molecule has 132 valence electrons. The Morgan fingerprint density at radius 1 is 1.16 bits per heavy atom. The van der Waals surface area contributed by atoms with Crippen LogP contribution >= 0.6 is 0 Å². The van der Waals surface area contributed by atoms with Gasteiger partial charge in [0, 0.05) is 23.5 Å². The Labute approximate surface area is 147 Å². The minimum atomic E-state index is -0.873. The molecule has 0 atom stereocenters. The second-order valence-corrected chi connectivity index (χ2v) is 7.02. The summed E-state index contributed by atoms with van der Waals surface area (Å²) in [5.74, 6) is 1.21. The minimum absolute atomic E-state index is 0.237. The molecule has 2 heterocycles. The molecule has 0 radical (unpaired) electrons. The number of carbonyl (C=O) groups is 1. The number of carboxylic acids is 1. The lowest BCUT2D eigenvalue weighted by Crippen LogP contribution is -2.16. The van der Waals surface area contributed by atoms with Gasteiger partial charge in [-0.1, -0.05) is 19.3 Å². The van der Waals surface area contributed by atoms with Gasteiger partial charge in [0.25, 0.3) is 0 Å². The van der Waals surface area contributed by atoms with Crippen molar-refractivity contribution in [1.82, 2.24) is 4.57 Å². The summed E-state index contributed by atoms with van der Waals surface area (Å²) < 4.78 is 13.0. The van der Waals surface area contributed by atoms with E-state index >= 15 is 0 Å². The number of fused-ring (bicyclic) bond motifs is 1. The third-order valence-corrected chi connectivity index (χ3v) is 5.43. The van der Waals surface area contributed by atoms with Gasteiger partial charge in [-0.3, -0.25) is 0 Å². The Hall–Kier alpha value is -2.43. The molecule has 1 N–H and O–H groups in total. The zero-order valence-corrected chi connectivity index (χ0v) is 14.5. The Bertz CT molecular complexity index is 802. The molecule has 1 aliphatic carbocycles. The van der Waals surface area contributed by atoms with Crippen LogP contribution < -0.4 is 9.47 Å². The fourth-order valence-corrected chi connectivity index (χ4v) is 4.02. The minimum Gasteiger partial charge on any atom is -0.478 e. The molecule has 0 unspecified atom stereocenters. The zero-order chi connectivity index (χ0) is 17.4. The van der Waals surface area contributed by atoms with Crippen LogP contribution in [0.4, 0.5) is 0 Å². The average Bonchev–Trinajstić information content (AvgIpc) is 3.20. The lowest BCUT2D eigenvalue weighted by atomic mass is 9.89. The van der Waals surface area contributed by atoms with E-state index in [0.717, 1.165) is 35.0 Å². The smallest absolute Gasteiger partial charge is 0.337 e. The Balaban J connectivity index is 1.74. The van der Waals surface area contributed by atoms with Crippen molar-refractivity contribution >= 4 is 5.97 Å². The highest BCUT2D eigenvalue weighted by molar-refractivity contribution is 5.91. The third-order valence-electron chi connectivity index (χ3n) is 5.43. The molecule has 0 bridgehead atoms. The summed E-state index contributed by atoms with van der Waals surface area (Å²) in [4.78, 5) is 11.6. The Kier molecular flexibility index (Phi) is 4.15. The van der Waals surface area contributed by atoms with Crippen LogP contribution in [0.3, 0.4) is 0 Å².